The number of aromatic nitrogens is 1. The van der Waals surface area contributed by atoms with Crippen LogP contribution in [0.5, 0.6) is 0 Å². The number of nitrogens with zero attached hydrogens (tertiary/aromatic N) is 2. The summed E-state index contributed by atoms with van der Waals surface area (Å²) in [6, 6.07) is 15.5. The number of hydrogen-bond donors (Lipinski definition) is 1. The molecule has 0 saturated heterocycles. The second kappa shape index (κ2) is 7.49. The van der Waals surface area contributed by atoms with Gasteiger partial charge in [-0.15, -0.1) is 0 Å². The summed E-state index contributed by atoms with van der Waals surface area (Å²) in [4.78, 5) is 4.40. The Labute approximate surface area is 153 Å². The summed E-state index contributed by atoms with van der Waals surface area (Å²) < 4.78 is 43.3. The predicted octanol–water partition coefficient (Wildman–Crippen LogP) is 4.91. The van der Waals surface area contributed by atoms with Crippen LogP contribution < -0.4 is 5.73 Å². The van der Waals surface area contributed by atoms with E-state index in [2.05, 4.69) is 10.1 Å². The molecule has 0 aliphatic carbocycles. The molecule has 138 valence electrons. The van der Waals surface area contributed by atoms with Crippen LogP contribution in [-0.2, 0) is 6.18 Å². The predicted molar refractivity (Wildman–Crippen MR) is 97.7 cm³/mol. The summed E-state index contributed by atoms with van der Waals surface area (Å²) >= 11 is 0. The van der Waals surface area contributed by atoms with Gasteiger partial charge in [0.1, 0.15) is 5.84 Å². The molecular weight excluding hydrogens is 355 g/mol. The quantitative estimate of drug-likeness (QED) is 0.524. The highest BCUT2D eigenvalue weighted by molar-refractivity contribution is 6.02. The van der Waals surface area contributed by atoms with Gasteiger partial charge in [-0.25, -0.2) is 4.99 Å². The zero-order valence-electron chi connectivity index (χ0n) is 14.4. The Balaban J connectivity index is 1.98. The van der Waals surface area contributed by atoms with Crippen molar-refractivity contribution in [3.8, 4) is 0 Å². The second-order valence-corrected chi connectivity index (χ2v) is 5.84. The van der Waals surface area contributed by atoms with Crippen molar-refractivity contribution in [1.82, 2.24) is 5.16 Å². The molecule has 0 aliphatic rings. The van der Waals surface area contributed by atoms with Gasteiger partial charge in [-0.1, -0.05) is 47.6 Å². The lowest BCUT2D eigenvalue weighted by molar-refractivity contribution is -0.137. The number of nitrogens with two attached hydrogens (primary N) is 1. The van der Waals surface area contributed by atoms with Gasteiger partial charge >= 0.3 is 6.18 Å². The highest BCUT2D eigenvalue weighted by Gasteiger charge is 2.30. The molecule has 7 heteroatoms. The van der Waals surface area contributed by atoms with E-state index < -0.39 is 11.7 Å². The highest BCUT2D eigenvalue weighted by Crippen LogP contribution is 2.29. The molecule has 27 heavy (non-hydrogen) atoms. The van der Waals surface area contributed by atoms with E-state index in [0.717, 1.165) is 17.7 Å². The maximum Gasteiger partial charge on any atom is 0.416 e. The van der Waals surface area contributed by atoms with Crippen LogP contribution in [0, 0.1) is 6.92 Å². The Bertz CT molecular complexity index is 972. The Morgan fingerprint density at radius 2 is 1.70 bits per heavy atom. The third kappa shape index (κ3) is 4.63. The van der Waals surface area contributed by atoms with E-state index in [4.69, 9.17) is 10.3 Å². The van der Waals surface area contributed by atoms with Gasteiger partial charge < -0.3 is 10.3 Å². The second-order valence-electron chi connectivity index (χ2n) is 5.84. The molecule has 1 heterocycles. The maximum atomic E-state index is 12.7. The Morgan fingerprint density at radius 3 is 2.26 bits per heavy atom. The number of aliphatic imine (C=N–C) groups is 1. The number of benzene rings is 2. The van der Waals surface area contributed by atoms with E-state index in [9.17, 15) is 13.2 Å². The van der Waals surface area contributed by atoms with E-state index >= 15 is 0 Å². The number of amidine groups is 1. The molecule has 3 aromatic rings. The van der Waals surface area contributed by atoms with E-state index in [1.54, 1.807) is 19.1 Å². The summed E-state index contributed by atoms with van der Waals surface area (Å²) in [5.74, 6) is 0.588. The highest BCUT2D eigenvalue weighted by atomic mass is 19.4. The first-order valence-electron chi connectivity index (χ1n) is 8.05. The van der Waals surface area contributed by atoms with Crippen LogP contribution in [0.2, 0.25) is 0 Å². The molecule has 0 radical (unpaired) electrons. The zero-order valence-corrected chi connectivity index (χ0v) is 14.4. The molecule has 0 spiro atoms. The van der Waals surface area contributed by atoms with Gasteiger partial charge in [0.15, 0.2) is 5.76 Å². The topological polar surface area (TPSA) is 64.4 Å². The molecule has 1 aromatic heterocycles. The monoisotopic (exact) mass is 371 g/mol. The lowest BCUT2D eigenvalue weighted by Gasteiger charge is -2.08. The van der Waals surface area contributed by atoms with Gasteiger partial charge in [0.2, 0.25) is 0 Å². The molecule has 0 atom stereocenters. The van der Waals surface area contributed by atoms with Gasteiger partial charge in [-0.3, -0.25) is 0 Å². The van der Waals surface area contributed by atoms with Crippen LogP contribution in [0.15, 0.2) is 70.2 Å². The average Bonchev–Trinajstić information content (AvgIpc) is 3.06. The third-order valence-electron chi connectivity index (χ3n) is 3.74. The number of alkyl halides is 3. The number of aryl methyl sites for hydroxylation is 1. The lowest BCUT2D eigenvalue weighted by atomic mass is 10.1. The van der Waals surface area contributed by atoms with Gasteiger partial charge in [-0.05, 0) is 19.1 Å². The molecule has 3 rings (SSSR count). The number of rotatable bonds is 4. The molecular formula is C20H16F3N3O. The summed E-state index contributed by atoms with van der Waals surface area (Å²) in [7, 11) is 0. The van der Waals surface area contributed by atoms with Crippen molar-refractivity contribution in [3.63, 3.8) is 0 Å². The fraction of sp³-hybridized carbons (Fsp3) is 0.100. The number of hydrogen-bond acceptors (Lipinski definition) is 3. The normalized spacial score (nSPS) is 13.0. The molecule has 0 bridgehead atoms. The fourth-order valence-corrected chi connectivity index (χ4v) is 2.40. The lowest BCUT2D eigenvalue weighted by Crippen LogP contribution is -2.14. The van der Waals surface area contributed by atoms with Crippen molar-refractivity contribution in [2.45, 2.75) is 13.1 Å². The first-order valence-corrected chi connectivity index (χ1v) is 8.05. The van der Waals surface area contributed by atoms with Crippen LogP contribution in [0.3, 0.4) is 0 Å². The van der Waals surface area contributed by atoms with Gasteiger partial charge in [0.05, 0.1) is 17.0 Å². The molecule has 0 unspecified atom stereocenters. The van der Waals surface area contributed by atoms with E-state index in [-0.39, 0.29) is 5.84 Å². The third-order valence-corrected chi connectivity index (χ3v) is 3.74. The summed E-state index contributed by atoms with van der Waals surface area (Å²) in [5, 5.41) is 3.83. The molecule has 0 saturated carbocycles. The molecule has 2 aromatic carbocycles. The van der Waals surface area contributed by atoms with Gasteiger partial charge in [-0.2, -0.15) is 13.2 Å². The molecule has 2 N–H and O–H groups in total. The molecule has 0 amide bonds. The first-order chi connectivity index (χ1) is 12.8. The maximum absolute atomic E-state index is 12.7. The van der Waals surface area contributed by atoms with Crippen LogP contribution >= 0.6 is 0 Å². The van der Waals surface area contributed by atoms with Crippen molar-refractivity contribution in [3.05, 3.63) is 88.8 Å². The van der Waals surface area contributed by atoms with Gasteiger partial charge in [0, 0.05) is 23.3 Å². The largest absolute Gasteiger partial charge is 0.416 e. The van der Waals surface area contributed by atoms with Crippen molar-refractivity contribution in [1.29, 1.82) is 0 Å². The van der Waals surface area contributed by atoms with E-state index in [1.165, 1.54) is 12.1 Å². The van der Waals surface area contributed by atoms with Crippen LogP contribution in [0.25, 0.3) is 11.8 Å². The minimum Gasteiger partial charge on any atom is -0.383 e. The minimum atomic E-state index is -4.40. The van der Waals surface area contributed by atoms with E-state index in [1.807, 2.05) is 30.3 Å². The average molecular weight is 371 g/mol. The van der Waals surface area contributed by atoms with Crippen molar-refractivity contribution in [2.24, 2.45) is 10.7 Å². The summed E-state index contributed by atoms with van der Waals surface area (Å²) in [6.45, 7) is 1.79. The Kier molecular flexibility index (Phi) is 5.12. The van der Waals surface area contributed by atoms with E-state index in [0.29, 0.717) is 22.7 Å². The van der Waals surface area contributed by atoms with Crippen molar-refractivity contribution < 1.29 is 17.7 Å². The zero-order chi connectivity index (χ0) is 19.4. The fourth-order valence-electron chi connectivity index (χ4n) is 2.40. The molecule has 0 aliphatic heterocycles. The summed E-state index contributed by atoms with van der Waals surface area (Å²) in [5.41, 5.74) is 7.68. The Morgan fingerprint density at radius 1 is 1.04 bits per heavy atom. The summed E-state index contributed by atoms with van der Waals surface area (Å²) in [6.07, 6.45) is -2.73. The molecule has 4 nitrogen and oxygen atoms in total. The minimum absolute atomic E-state index is 0.0927. The Hall–Kier alpha value is -3.35. The van der Waals surface area contributed by atoms with Crippen LogP contribution in [0.1, 0.15) is 28.1 Å². The van der Waals surface area contributed by atoms with Gasteiger partial charge in [0.25, 0.3) is 0 Å². The standard InChI is InChI=1S/C20H16F3N3O/c1-13-11-17(27-26-13)12-18(14-5-3-2-4-6-14)25-19(24)15-7-9-16(10-8-15)20(21,22)23/h2-12H,1H3,(H2,24,25)/b18-12-. The first kappa shape index (κ1) is 18.4. The van der Waals surface area contributed by atoms with Crippen LogP contribution in [-0.4, -0.2) is 11.0 Å². The van der Waals surface area contributed by atoms with Crippen molar-refractivity contribution in [2.75, 3.05) is 0 Å². The number of halogens is 3. The SMILES string of the molecule is Cc1cc(/C=C(\N=C(N)c2ccc(C(F)(F)F)cc2)c2ccccc2)on1. The van der Waals surface area contributed by atoms with Crippen LogP contribution in [0.4, 0.5) is 13.2 Å². The van der Waals surface area contributed by atoms with Crippen molar-refractivity contribution >= 4 is 17.6 Å². The molecule has 0 fully saturated rings. The smallest absolute Gasteiger partial charge is 0.383 e.